The minimum absolute atomic E-state index is 0. The molecule has 0 aliphatic carbocycles. The molecule has 0 aliphatic rings. The maximum absolute atomic E-state index is 2.04. The molecule has 0 saturated carbocycles. The molecule has 0 radical (unpaired) electrons. The normalized spacial score (nSPS) is 5.71. The molecule has 0 nitrogen and oxygen atoms in total. The zero-order valence-corrected chi connectivity index (χ0v) is 3.53. The van der Waals surface area contributed by atoms with Crippen LogP contribution in [-0.2, 0) is 0 Å². The fraction of sp³-hybridized carbons (Fsp3) is 0. The second kappa shape index (κ2) is 6.89. The summed E-state index contributed by atoms with van der Waals surface area (Å²) in [6.45, 7) is 0. The first-order valence-electron chi connectivity index (χ1n) is 1.47. The van der Waals surface area contributed by atoms with Crippen molar-refractivity contribution in [1.82, 2.24) is 0 Å². The smallest absolute Gasteiger partial charge is 0.00934 e. The molecule has 0 amide bonds. The zero-order valence-electron chi connectivity index (χ0n) is 2.72. The van der Waals surface area contributed by atoms with Crippen molar-refractivity contribution < 1.29 is 0 Å². The van der Waals surface area contributed by atoms with Gasteiger partial charge in [0.1, 0.15) is 0 Å². The molecule has 0 aliphatic heterocycles. The Morgan fingerprint density at radius 3 is 1.43 bits per heavy atom. The van der Waals surface area contributed by atoms with Crippen molar-refractivity contribution in [1.29, 1.82) is 0 Å². The summed E-state index contributed by atoms with van der Waals surface area (Å²) >= 11 is 1.71. The van der Waals surface area contributed by atoms with Gasteiger partial charge < -0.3 is 0 Å². The topological polar surface area (TPSA) is 0 Å². The van der Waals surface area contributed by atoms with E-state index in [4.69, 9.17) is 0 Å². The number of hydrogen-bond acceptors (Lipinski definition) is 1. The Morgan fingerprint density at radius 1 is 0.857 bits per heavy atom. The van der Waals surface area contributed by atoms with Gasteiger partial charge in [0.25, 0.3) is 0 Å². The van der Waals surface area contributed by atoms with E-state index in [9.17, 15) is 0 Å². The summed E-state index contributed by atoms with van der Waals surface area (Å²) < 4.78 is 0. The summed E-state index contributed by atoms with van der Waals surface area (Å²) in [5.41, 5.74) is 0. The Morgan fingerprint density at radius 2 is 1.29 bits per heavy atom. The van der Waals surface area contributed by atoms with Crippen LogP contribution in [0.5, 0.6) is 0 Å². The standard InChI is InChI=1S/C4H4S.2Li.2H/c1-2-4-5-3-1;;;;/h1-4H;;;;. The van der Waals surface area contributed by atoms with E-state index >= 15 is 0 Å². The fourth-order valence-corrected chi connectivity index (χ4v) is 0.680. The Labute approximate surface area is 71.7 Å². The first kappa shape index (κ1) is 10.8. The van der Waals surface area contributed by atoms with Crippen molar-refractivity contribution in [2.45, 2.75) is 0 Å². The van der Waals surface area contributed by atoms with Crippen molar-refractivity contribution >= 4 is 49.1 Å². The minimum Gasteiger partial charge on any atom is -0.152 e. The van der Waals surface area contributed by atoms with E-state index in [1.807, 2.05) is 22.9 Å². The molecule has 0 fully saturated rings. The second-order valence-electron chi connectivity index (χ2n) is 0.793. The van der Waals surface area contributed by atoms with E-state index < -0.39 is 0 Å². The second-order valence-corrected chi connectivity index (χ2v) is 1.61. The van der Waals surface area contributed by atoms with E-state index in [-0.39, 0.29) is 37.7 Å². The Kier molecular flexibility index (Phi) is 10.6. The molecule has 0 saturated heterocycles. The van der Waals surface area contributed by atoms with Crippen LogP contribution in [0.1, 0.15) is 0 Å². The summed E-state index contributed by atoms with van der Waals surface area (Å²) in [5.74, 6) is 0. The van der Waals surface area contributed by atoms with Crippen LogP contribution in [0.25, 0.3) is 0 Å². The molecule has 3 heteroatoms. The van der Waals surface area contributed by atoms with Crippen LogP contribution >= 0.6 is 11.3 Å². The molecule has 0 spiro atoms. The minimum atomic E-state index is 0. The zero-order chi connectivity index (χ0) is 3.54. The van der Waals surface area contributed by atoms with E-state index in [1.54, 1.807) is 11.3 Å². The van der Waals surface area contributed by atoms with E-state index in [0.717, 1.165) is 0 Å². The van der Waals surface area contributed by atoms with Crippen molar-refractivity contribution in [3.63, 3.8) is 0 Å². The molecule has 30 valence electrons. The maximum Gasteiger partial charge on any atom is -0.00934 e. The van der Waals surface area contributed by atoms with Gasteiger partial charge in [0.05, 0.1) is 0 Å². The molecule has 0 unspecified atom stereocenters. The van der Waals surface area contributed by atoms with Gasteiger partial charge in [-0.1, -0.05) is 12.1 Å². The molecular formula is C4H6Li2S. The van der Waals surface area contributed by atoms with E-state index in [1.165, 1.54) is 0 Å². The molecule has 1 aromatic heterocycles. The molecule has 1 aromatic rings. The van der Waals surface area contributed by atoms with Gasteiger partial charge in [-0.3, -0.25) is 0 Å². The Hall–Kier alpha value is 0.895. The largest absolute Gasteiger partial charge is 0.152 e. The van der Waals surface area contributed by atoms with Crippen molar-refractivity contribution in [2.24, 2.45) is 0 Å². The summed E-state index contributed by atoms with van der Waals surface area (Å²) in [7, 11) is 0. The van der Waals surface area contributed by atoms with Gasteiger partial charge in [-0.15, -0.1) is 0 Å². The van der Waals surface area contributed by atoms with Crippen LogP contribution in [0.4, 0.5) is 0 Å². The Balaban J connectivity index is 0. The molecule has 0 bridgehead atoms. The van der Waals surface area contributed by atoms with Crippen molar-refractivity contribution in [2.75, 3.05) is 0 Å². The van der Waals surface area contributed by atoms with Gasteiger partial charge in [0.2, 0.25) is 0 Å². The van der Waals surface area contributed by atoms with E-state index in [0.29, 0.717) is 0 Å². The average molecular weight is 100 g/mol. The molecule has 1 heterocycles. The SMILES string of the molecule is [LiH].[LiH].c1ccsc1. The van der Waals surface area contributed by atoms with Crippen LogP contribution in [-0.4, -0.2) is 37.7 Å². The quantitative estimate of drug-likeness (QED) is 0.415. The predicted octanol–water partition coefficient (Wildman–Crippen LogP) is 0.451. The summed E-state index contributed by atoms with van der Waals surface area (Å²) in [4.78, 5) is 0. The Bertz CT molecular complexity index is 66.2. The number of thiophene rings is 1. The van der Waals surface area contributed by atoms with Gasteiger partial charge in [0.15, 0.2) is 0 Å². The predicted molar refractivity (Wildman–Crippen MR) is 38.6 cm³/mol. The molecule has 0 atom stereocenters. The van der Waals surface area contributed by atoms with Crippen LogP contribution in [0.2, 0.25) is 0 Å². The molecule has 7 heavy (non-hydrogen) atoms. The molecule has 0 N–H and O–H groups in total. The first-order valence-corrected chi connectivity index (χ1v) is 2.41. The third kappa shape index (κ3) is 4.75. The van der Waals surface area contributed by atoms with Gasteiger partial charge in [-0.25, -0.2) is 0 Å². The summed E-state index contributed by atoms with van der Waals surface area (Å²) in [6.07, 6.45) is 0. The monoisotopic (exact) mass is 100 g/mol. The van der Waals surface area contributed by atoms with Crippen LogP contribution in [0.15, 0.2) is 22.9 Å². The maximum atomic E-state index is 2.04. The van der Waals surface area contributed by atoms with Crippen LogP contribution < -0.4 is 0 Å². The van der Waals surface area contributed by atoms with Crippen LogP contribution in [0, 0.1) is 0 Å². The fourth-order valence-electron chi connectivity index (χ4n) is 0.227. The van der Waals surface area contributed by atoms with Gasteiger partial charge in [0, 0.05) is 0 Å². The van der Waals surface area contributed by atoms with Crippen LogP contribution in [0.3, 0.4) is 0 Å². The van der Waals surface area contributed by atoms with Gasteiger partial charge >= 0.3 is 37.7 Å². The third-order valence-electron chi connectivity index (χ3n) is 0.425. The van der Waals surface area contributed by atoms with Crippen molar-refractivity contribution in [3.8, 4) is 0 Å². The third-order valence-corrected chi connectivity index (χ3v) is 1.05. The van der Waals surface area contributed by atoms with Gasteiger partial charge in [-0.2, -0.15) is 11.3 Å². The number of hydrogen-bond donors (Lipinski definition) is 0. The van der Waals surface area contributed by atoms with E-state index in [2.05, 4.69) is 0 Å². The molecule has 0 aromatic carbocycles. The summed E-state index contributed by atoms with van der Waals surface area (Å²) in [6, 6.07) is 4.04. The van der Waals surface area contributed by atoms with Crippen molar-refractivity contribution in [3.05, 3.63) is 22.9 Å². The number of rotatable bonds is 0. The first-order chi connectivity index (χ1) is 2.50. The average Bonchev–Trinajstić information content (AvgIpc) is 1.76. The molecular weight excluding hydrogens is 94.0 g/mol. The van der Waals surface area contributed by atoms with Gasteiger partial charge in [-0.05, 0) is 10.8 Å². The molecule has 1 rings (SSSR count). The summed E-state index contributed by atoms with van der Waals surface area (Å²) in [5, 5.41) is 4.08.